The molecule has 160 valence electrons. The van der Waals surface area contributed by atoms with Crippen molar-refractivity contribution in [2.24, 2.45) is 10.9 Å². The molecule has 1 saturated heterocycles. The lowest BCUT2D eigenvalue weighted by Gasteiger charge is -2.31. The SMILES string of the molecule is CN=C(NCCCCSC)NCC1CCN(S(=O)(=O)c2ccccc2)CC1.I. The number of nitrogens with zero attached hydrogens (tertiary/aromatic N) is 2. The van der Waals surface area contributed by atoms with E-state index in [1.807, 2.05) is 17.8 Å². The number of aliphatic imine (C=N–C) groups is 1. The lowest BCUT2D eigenvalue weighted by molar-refractivity contribution is 0.273. The molecule has 1 fully saturated rings. The maximum atomic E-state index is 12.7. The van der Waals surface area contributed by atoms with E-state index in [4.69, 9.17) is 0 Å². The van der Waals surface area contributed by atoms with Gasteiger partial charge in [0, 0.05) is 33.2 Å². The largest absolute Gasteiger partial charge is 0.356 e. The number of unbranched alkanes of at least 4 members (excludes halogenated alkanes) is 1. The van der Waals surface area contributed by atoms with Gasteiger partial charge < -0.3 is 10.6 Å². The van der Waals surface area contributed by atoms with E-state index in [1.165, 1.54) is 12.2 Å². The van der Waals surface area contributed by atoms with E-state index >= 15 is 0 Å². The second-order valence-corrected chi connectivity index (χ2v) is 9.66. The van der Waals surface area contributed by atoms with E-state index in [0.29, 0.717) is 23.9 Å². The number of halogens is 1. The number of rotatable bonds is 9. The van der Waals surface area contributed by atoms with E-state index in [1.54, 1.807) is 35.6 Å². The molecule has 0 aliphatic carbocycles. The van der Waals surface area contributed by atoms with Gasteiger partial charge in [-0.05, 0) is 55.7 Å². The first-order valence-corrected chi connectivity index (χ1v) is 12.4. The molecular weight excluding hydrogens is 507 g/mol. The van der Waals surface area contributed by atoms with Crippen LogP contribution in [0.25, 0.3) is 0 Å². The zero-order valence-electron chi connectivity index (χ0n) is 16.8. The van der Waals surface area contributed by atoms with Gasteiger partial charge in [-0.25, -0.2) is 8.42 Å². The van der Waals surface area contributed by atoms with Crippen LogP contribution in [0.15, 0.2) is 40.2 Å². The smallest absolute Gasteiger partial charge is 0.243 e. The molecule has 0 bridgehead atoms. The molecule has 2 rings (SSSR count). The van der Waals surface area contributed by atoms with Crippen LogP contribution in [0.2, 0.25) is 0 Å². The first-order valence-electron chi connectivity index (χ1n) is 9.56. The average Bonchev–Trinajstić information content (AvgIpc) is 2.71. The van der Waals surface area contributed by atoms with Crippen LogP contribution in [-0.4, -0.2) is 63.9 Å². The third-order valence-electron chi connectivity index (χ3n) is 4.80. The summed E-state index contributed by atoms with van der Waals surface area (Å²) in [5.41, 5.74) is 0. The quantitative estimate of drug-likeness (QED) is 0.218. The van der Waals surface area contributed by atoms with Crippen LogP contribution < -0.4 is 10.6 Å². The Hall–Kier alpha value is -0.520. The van der Waals surface area contributed by atoms with Crippen LogP contribution in [0.5, 0.6) is 0 Å². The lowest BCUT2D eigenvalue weighted by atomic mass is 9.98. The fourth-order valence-corrected chi connectivity index (χ4v) is 5.12. The van der Waals surface area contributed by atoms with Crippen molar-refractivity contribution in [2.45, 2.75) is 30.6 Å². The van der Waals surface area contributed by atoms with Crippen LogP contribution >= 0.6 is 35.7 Å². The Morgan fingerprint density at radius 1 is 1.18 bits per heavy atom. The Kier molecular flexibility index (Phi) is 12.4. The second kappa shape index (κ2) is 13.7. The maximum absolute atomic E-state index is 12.7. The van der Waals surface area contributed by atoms with Crippen LogP contribution in [0.3, 0.4) is 0 Å². The van der Waals surface area contributed by atoms with Crippen molar-refractivity contribution >= 4 is 51.7 Å². The molecule has 9 heteroatoms. The zero-order valence-corrected chi connectivity index (χ0v) is 20.7. The van der Waals surface area contributed by atoms with Crippen molar-refractivity contribution in [3.8, 4) is 0 Å². The van der Waals surface area contributed by atoms with Gasteiger partial charge in [0.2, 0.25) is 10.0 Å². The summed E-state index contributed by atoms with van der Waals surface area (Å²) in [6.45, 7) is 2.90. The van der Waals surface area contributed by atoms with E-state index in [-0.39, 0.29) is 24.0 Å². The van der Waals surface area contributed by atoms with Crippen molar-refractivity contribution in [2.75, 3.05) is 45.2 Å². The Morgan fingerprint density at radius 2 is 1.86 bits per heavy atom. The van der Waals surface area contributed by atoms with Crippen molar-refractivity contribution < 1.29 is 8.42 Å². The van der Waals surface area contributed by atoms with E-state index in [9.17, 15) is 8.42 Å². The molecule has 1 heterocycles. The Morgan fingerprint density at radius 3 is 2.46 bits per heavy atom. The monoisotopic (exact) mass is 540 g/mol. The van der Waals surface area contributed by atoms with Crippen molar-refractivity contribution in [3.63, 3.8) is 0 Å². The van der Waals surface area contributed by atoms with Gasteiger partial charge in [0.15, 0.2) is 5.96 Å². The predicted molar refractivity (Wildman–Crippen MR) is 130 cm³/mol. The predicted octanol–water partition coefficient (Wildman–Crippen LogP) is 3.01. The molecule has 1 aromatic rings. The summed E-state index contributed by atoms with van der Waals surface area (Å²) < 4.78 is 27.0. The average molecular weight is 541 g/mol. The highest BCUT2D eigenvalue weighted by molar-refractivity contribution is 14.0. The van der Waals surface area contributed by atoms with Crippen LogP contribution in [0.4, 0.5) is 0 Å². The number of hydrogen-bond donors (Lipinski definition) is 2. The van der Waals surface area contributed by atoms with Crippen LogP contribution in [-0.2, 0) is 10.0 Å². The fraction of sp³-hybridized carbons (Fsp3) is 0.632. The topological polar surface area (TPSA) is 73.8 Å². The standard InChI is InChI=1S/C19H32N4O2S2.HI/c1-20-19(21-12-6-7-15-26-2)22-16-17-10-13-23(14-11-17)27(24,25)18-8-4-3-5-9-18;/h3-5,8-9,17H,6-7,10-16H2,1-2H3,(H2,20,21,22);1H. The van der Waals surface area contributed by atoms with Gasteiger partial charge in [-0.1, -0.05) is 18.2 Å². The molecule has 0 saturated carbocycles. The van der Waals surface area contributed by atoms with Crippen molar-refractivity contribution in [1.29, 1.82) is 0 Å². The highest BCUT2D eigenvalue weighted by atomic mass is 127. The molecule has 0 unspecified atom stereocenters. The molecule has 0 aromatic heterocycles. The number of guanidine groups is 1. The summed E-state index contributed by atoms with van der Waals surface area (Å²) in [7, 11) is -1.58. The van der Waals surface area contributed by atoms with Gasteiger partial charge in [-0.3, -0.25) is 4.99 Å². The molecule has 0 atom stereocenters. The number of hydrogen-bond acceptors (Lipinski definition) is 4. The first kappa shape index (κ1) is 25.5. The number of thioether (sulfide) groups is 1. The third kappa shape index (κ3) is 8.08. The van der Waals surface area contributed by atoms with Crippen molar-refractivity contribution in [1.82, 2.24) is 14.9 Å². The van der Waals surface area contributed by atoms with E-state index < -0.39 is 10.0 Å². The zero-order chi connectivity index (χ0) is 19.5. The Bertz CT molecular complexity index is 678. The Balaban J connectivity index is 0.00000392. The van der Waals surface area contributed by atoms with Gasteiger partial charge in [-0.15, -0.1) is 24.0 Å². The number of benzene rings is 1. The Labute approximate surface area is 191 Å². The number of nitrogens with one attached hydrogen (secondary N) is 2. The molecule has 0 spiro atoms. The lowest BCUT2D eigenvalue weighted by Crippen LogP contribution is -2.44. The summed E-state index contributed by atoms with van der Waals surface area (Å²) in [6, 6.07) is 8.70. The summed E-state index contributed by atoms with van der Waals surface area (Å²) in [4.78, 5) is 4.65. The van der Waals surface area contributed by atoms with E-state index in [0.717, 1.165) is 38.3 Å². The molecule has 2 N–H and O–H groups in total. The minimum atomic E-state index is -3.37. The molecule has 0 amide bonds. The molecule has 1 aromatic carbocycles. The van der Waals surface area contributed by atoms with Crippen LogP contribution in [0, 0.1) is 5.92 Å². The number of piperidine rings is 1. The fourth-order valence-electron chi connectivity index (χ4n) is 3.14. The maximum Gasteiger partial charge on any atom is 0.243 e. The second-order valence-electron chi connectivity index (χ2n) is 6.74. The van der Waals surface area contributed by atoms with Gasteiger partial charge in [0.05, 0.1) is 4.90 Å². The molecule has 28 heavy (non-hydrogen) atoms. The molecule has 1 aliphatic heterocycles. The minimum absolute atomic E-state index is 0. The van der Waals surface area contributed by atoms with E-state index in [2.05, 4.69) is 21.9 Å². The summed E-state index contributed by atoms with van der Waals surface area (Å²) in [5, 5.41) is 6.73. The van der Waals surface area contributed by atoms with Gasteiger partial charge in [-0.2, -0.15) is 16.1 Å². The summed E-state index contributed by atoms with van der Waals surface area (Å²) in [5.74, 6) is 2.48. The summed E-state index contributed by atoms with van der Waals surface area (Å²) in [6.07, 6.45) is 6.20. The molecular formula is C19H33IN4O2S2. The minimum Gasteiger partial charge on any atom is -0.356 e. The summed E-state index contributed by atoms with van der Waals surface area (Å²) >= 11 is 1.88. The van der Waals surface area contributed by atoms with Gasteiger partial charge in [0.1, 0.15) is 0 Å². The highest BCUT2D eigenvalue weighted by Crippen LogP contribution is 2.23. The molecule has 6 nitrogen and oxygen atoms in total. The van der Waals surface area contributed by atoms with Gasteiger partial charge in [0.25, 0.3) is 0 Å². The third-order valence-corrected chi connectivity index (χ3v) is 7.41. The normalized spacial score (nSPS) is 16.4. The first-order chi connectivity index (χ1) is 13.1. The molecule has 0 radical (unpaired) electrons. The van der Waals surface area contributed by atoms with Gasteiger partial charge >= 0.3 is 0 Å². The number of sulfonamides is 1. The molecule has 1 aliphatic rings. The van der Waals surface area contributed by atoms with Crippen molar-refractivity contribution in [3.05, 3.63) is 30.3 Å². The highest BCUT2D eigenvalue weighted by Gasteiger charge is 2.29. The van der Waals surface area contributed by atoms with Crippen LogP contribution in [0.1, 0.15) is 25.7 Å².